The molecule has 1 heterocycles. The van der Waals surface area contributed by atoms with Gasteiger partial charge in [0.15, 0.2) is 0 Å². The van der Waals surface area contributed by atoms with Gasteiger partial charge in [0.1, 0.15) is 0 Å². The number of sulfone groups is 1. The van der Waals surface area contributed by atoms with Crippen molar-refractivity contribution in [2.75, 3.05) is 0 Å². The van der Waals surface area contributed by atoms with Gasteiger partial charge in [-0.1, -0.05) is 18.2 Å². The van der Waals surface area contributed by atoms with Crippen molar-refractivity contribution < 1.29 is 8.42 Å². The molecule has 88 valence electrons. The van der Waals surface area contributed by atoms with Gasteiger partial charge in [0, 0.05) is 12.7 Å². The molecule has 0 aliphatic heterocycles. The van der Waals surface area contributed by atoms with Gasteiger partial charge >= 0.3 is 0 Å². The number of rotatable bonds is 3. The van der Waals surface area contributed by atoms with Crippen molar-refractivity contribution in [3.63, 3.8) is 0 Å². The molecule has 2 rings (SSSR count). The molecule has 17 heavy (non-hydrogen) atoms. The highest BCUT2D eigenvalue weighted by atomic mass is 32.2. The predicted octanol–water partition coefficient (Wildman–Crippen LogP) is 1.37. The first-order valence-corrected chi connectivity index (χ1v) is 6.58. The second kappa shape index (κ2) is 4.65. The van der Waals surface area contributed by atoms with E-state index in [1.807, 2.05) is 0 Å². The molecule has 0 amide bonds. The van der Waals surface area contributed by atoms with Crippen LogP contribution in [0, 0.1) is 0 Å². The van der Waals surface area contributed by atoms with E-state index in [0.717, 1.165) is 0 Å². The molecular weight excluding hydrogens is 236 g/mol. The summed E-state index contributed by atoms with van der Waals surface area (Å²) in [7, 11) is -3.47. The number of pyridine rings is 1. The van der Waals surface area contributed by atoms with Crippen LogP contribution in [0.5, 0.6) is 0 Å². The SMILES string of the molecule is NCc1cc(S(=O)(=O)c2ccccc2)ccn1. The second-order valence-electron chi connectivity index (χ2n) is 3.50. The molecule has 0 saturated carbocycles. The van der Waals surface area contributed by atoms with Crippen LogP contribution in [0.25, 0.3) is 0 Å². The normalized spacial score (nSPS) is 11.4. The van der Waals surface area contributed by atoms with Crippen molar-refractivity contribution in [1.82, 2.24) is 4.98 Å². The first kappa shape index (κ1) is 11.8. The molecule has 1 aromatic carbocycles. The van der Waals surface area contributed by atoms with E-state index in [1.165, 1.54) is 18.3 Å². The van der Waals surface area contributed by atoms with Gasteiger partial charge < -0.3 is 5.73 Å². The number of benzene rings is 1. The summed E-state index contributed by atoms with van der Waals surface area (Å²) in [6, 6.07) is 11.3. The molecule has 4 nitrogen and oxygen atoms in total. The van der Waals surface area contributed by atoms with E-state index in [9.17, 15) is 8.42 Å². The van der Waals surface area contributed by atoms with Gasteiger partial charge in [0.05, 0.1) is 15.5 Å². The van der Waals surface area contributed by atoms with Gasteiger partial charge in [0.2, 0.25) is 9.84 Å². The average molecular weight is 248 g/mol. The highest BCUT2D eigenvalue weighted by Gasteiger charge is 2.17. The number of nitrogens with zero attached hydrogens (tertiary/aromatic N) is 1. The lowest BCUT2D eigenvalue weighted by Gasteiger charge is -2.05. The van der Waals surface area contributed by atoms with Crippen LogP contribution < -0.4 is 5.73 Å². The lowest BCUT2D eigenvalue weighted by Crippen LogP contribution is -2.05. The van der Waals surface area contributed by atoms with Gasteiger partial charge in [0.25, 0.3) is 0 Å². The third-order valence-electron chi connectivity index (χ3n) is 2.36. The lowest BCUT2D eigenvalue weighted by atomic mass is 10.3. The molecule has 0 saturated heterocycles. The molecule has 0 radical (unpaired) electrons. The van der Waals surface area contributed by atoms with Crippen LogP contribution in [0.3, 0.4) is 0 Å². The first-order chi connectivity index (χ1) is 8.14. The molecule has 2 aromatic rings. The zero-order valence-electron chi connectivity index (χ0n) is 9.08. The third-order valence-corrected chi connectivity index (χ3v) is 4.13. The van der Waals surface area contributed by atoms with Crippen molar-refractivity contribution in [1.29, 1.82) is 0 Å². The van der Waals surface area contributed by atoms with Crippen LogP contribution in [0.4, 0.5) is 0 Å². The third kappa shape index (κ3) is 2.35. The Hall–Kier alpha value is -1.72. The van der Waals surface area contributed by atoms with E-state index in [0.29, 0.717) is 5.69 Å². The molecular formula is C12H12N2O2S. The zero-order chi connectivity index (χ0) is 12.3. The molecule has 0 aliphatic carbocycles. The van der Waals surface area contributed by atoms with Gasteiger partial charge in [-0.3, -0.25) is 4.98 Å². The van der Waals surface area contributed by atoms with E-state index >= 15 is 0 Å². The number of aromatic nitrogens is 1. The summed E-state index contributed by atoms with van der Waals surface area (Å²) in [4.78, 5) is 4.47. The molecule has 0 spiro atoms. The maximum absolute atomic E-state index is 12.2. The van der Waals surface area contributed by atoms with E-state index in [-0.39, 0.29) is 16.3 Å². The summed E-state index contributed by atoms with van der Waals surface area (Å²) >= 11 is 0. The number of hydrogen-bond acceptors (Lipinski definition) is 4. The Kier molecular flexibility index (Phi) is 3.21. The van der Waals surface area contributed by atoms with E-state index in [4.69, 9.17) is 5.73 Å². The van der Waals surface area contributed by atoms with Gasteiger partial charge in [-0.25, -0.2) is 8.42 Å². The summed E-state index contributed by atoms with van der Waals surface area (Å²) in [5.41, 5.74) is 6.00. The fraction of sp³-hybridized carbons (Fsp3) is 0.0833. The summed E-state index contributed by atoms with van der Waals surface area (Å²) in [5.74, 6) is 0. The Morgan fingerprint density at radius 1 is 1.06 bits per heavy atom. The monoisotopic (exact) mass is 248 g/mol. The Morgan fingerprint density at radius 3 is 2.41 bits per heavy atom. The van der Waals surface area contributed by atoms with E-state index in [2.05, 4.69) is 4.98 Å². The van der Waals surface area contributed by atoms with Crippen LogP contribution in [0.15, 0.2) is 58.5 Å². The Balaban J connectivity index is 2.52. The van der Waals surface area contributed by atoms with Crippen LogP contribution in [-0.2, 0) is 16.4 Å². The van der Waals surface area contributed by atoms with Crippen LogP contribution in [-0.4, -0.2) is 13.4 Å². The maximum atomic E-state index is 12.2. The minimum Gasteiger partial charge on any atom is -0.325 e. The summed E-state index contributed by atoms with van der Waals surface area (Å²) in [5, 5.41) is 0. The molecule has 0 bridgehead atoms. The maximum Gasteiger partial charge on any atom is 0.206 e. The molecule has 5 heteroatoms. The summed E-state index contributed by atoms with van der Waals surface area (Å²) in [6.07, 6.45) is 1.46. The number of hydrogen-bond donors (Lipinski definition) is 1. The minimum atomic E-state index is -3.47. The lowest BCUT2D eigenvalue weighted by molar-refractivity contribution is 0.595. The Labute approximate surface area is 100 Å². The molecule has 1 aromatic heterocycles. The van der Waals surface area contributed by atoms with Crippen LogP contribution in [0.2, 0.25) is 0 Å². The largest absolute Gasteiger partial charge is 0.325 e. The molecule has 2 N–H and O–H groups in total. The first-order valence-electron chi connectivity index (χ1n) is 5.10. The van der Waals surface area contributed by atoms with Crippen molar-refractivity contribution in [3.8, 4) is 0 Å². The van der Waals surface area contributed by atoms with Crippen molar-refractivity contribution in [2.24, 2.45) is 5.73 Å². The number of nitrogens with two attached hydrogens (primary N) is 1. The quantitative estimate of drug-likeness (QED) is 0.890. The van der Waals surface area contributed by atoms with Gasteiger partial charge in [-0.2, -0.15) is 0 Å². The van der Waals surface area contributed by atoms with Crippen LogP contribution in [0.1, 0.15) is 5.69 Å². The van der Waals surface area contributed by atoms with Crippen LogP contribution >= 0.6 is 0 Å². The van der Waals surface area contributed by atoms with Gasteiger partial charge in [-0.05, 0) is 24.3 Å². The average Bonchev–Trinajstić information content (AvgIpc) is 2.40. The van der Waals surface area contributed by atoms with Crippen molar-refractivity contribution in [3.05, 3.63) is 54.4 Å². The highest BCUT2D eigenvalue weighted by molar-refractivity contribution is 7.91. The van der Waals surface area contributed by atoms with Crippen molar-refractivity contribution >= 4 is 9.84 Å². The fourth-order valence-corrected chi connectivity index (χ4v) is 2.79. The topological polar surface area (TPSA) is 73.1 Å². The molecule has 0 aliphatic rings. The highest BCUT2D eigenvalue weighted by Crippen LogP contribution is 2.20. The molecule has 0 fully saturated rings. The Morgan fingerprint density at radius 2 is 1.76 bits per heavy atom. The van der Waals surface area contributed by atoms with Crippen molar-refractivity contribution in [2.45, 2.75) is 16.3 Å². The zero-order valence-corrected chi connectivity index (χ0v) is 9.89. The van der Waals surface area contributed by atoms with E-state index < -0.39 is 9.84 Å². The Bertz CT molecular complexity index is 609. The summed E-state index contributed by atoms with van der Waals surface area (Å²) in [6.45, 7) is 0.220. The predicted molar refractivity (Wildman–Crippen MR) is 64.0 cm³/mol. The smallest absolute Gasteiger partial charge is 0.206 e. The minimum absolute atomic E-state index is 0.220. The molecule has 0 unspecified atom stereocenters. The standard InChI is InChI=1S/C12H12N2O2S/c13-9-10-8-12(6-7-14-10)17(15,16)11-4-2-1-3-5-11/h1-8H,9,13H2. The summed E-state index contributed by atoms with van der Waals surface area (Å²) < 4.78 is 24.5. The molecule has 0 atom stereocenters. The second-order valence-corrected chi connectivity index (χ2v) is 5.45. The fourth-order valence-electron chi connectivity index (χ4n) is 1.47. The van der Waals surface area contributed by atoms with E-state index in [1.54, 1.807) is 30.3 Å². The van der Waals surface area contributed by atoms with Gasteiger partial charge in [-0.15, -0.1) is 0 Å².